The summed E-state index contributed by atoms with van der Waals surface area (Å²) in [4.78, 5) is 85.8. The van der Waals surface area contributed by atoms with Crippen LogP contribution < -0.4 is 20.7 Å². The Labute approximate surface area is 353 Å². The number of Topliss-reactive ketones (excluding diaryl/α,β-unsaturated/α-hetero) is 3. The van der Waals surface area contributed by atoms with E-state index in [1.165, 1.54) is 6.07 Å². The highest BCUT2D eigenvalue weighted by Gasteiger charge is 2.39. The Hall–Kier alpha value is -3.95. The number of carbonyl (C=O) groups excluding carboxylic acids is 3. The van der Waals surface area contributed by atoms with E-state index < -0.39 is 81.4 Å². The first-order valence-corrected chi connectivity index (χ1v) is 24.0. The minimum absolute atomic E-state index is 0.0642. The molecule has 0 aliphatic heterocycles. The second kappa shape index (κ2) is 22.6. The van der Waals surface area contributed by atoms with Gasteiger partial charge in [0.1, 0.15) is 19.3 Å². The van der Waals surface area contributed by atoms with Crippen molar-refractivity contribution in [2.24, 2.45) is 5.92 Å². The molecule has 1 fully saturated rings. The van der Waals surface area contributed by atoms with Crippen LogP contribution in [0.1, 0.15) is 70.1 Å². The first kappa shape index (κ1) is 53.1. The molecule has 0 bridgehead atoms. The molecule has 0 radical (unpaired) electrons. The normalized spacial score (nSPS) is 14.2. The fourth-order valence-electron chi connectivity index (χ4n) is 4.52. The Balaban J connectivity index is 0.000000450. The molecule has 1 heterocycles. The highest BCUT2D eigenvalue weighted by atomic mass is 35.5. The molecule has 1 aromatic heterocycles. The van der Waals surface area contributed by atoms with Crippen molar-refractivity contribution in [3.05, 3.63) is 72.5 Å². The van der Waals surface area contributed by atoms with E-state index in [1.54, 1.807) is 6.07 Å². The van der Waals surface area contributed by atoms with Crippen molar-refractivity contribution >= 4 is 80.5 Å². The monoisotopic (exact) mass is 928 g/mol. The maximum Gasteiger partial charge on any atom is 0.442 e. The predicted molar refractivity (Wildman–Crippen MR) is 220 cm³/mol. The SMILES string of the molecule is CC(C)Oc1cc(-n2nc(C(C)(C)C)oc2=O)c(Cl)cc1Cl.CS(=O)(=O)c1ccc(C(=O)C2C(=O)CCCC2=O)c([N+](=O)[O-])c1.C[S+](C)C.O=C(O)CNCP(=O)([O-])O. The van der Waals surface area contributed by atoms with Crippen molar-refractivity contribution < 1.29 is 61.1 Å². The molecule has 24 heteroatoms. The molecule has 0 spiro atoms. The van der Waals surface area contributed by atoms with E-state index in [0.29, 0.717) is 39.7 Å². The fraction of sp³-hybridized carbons (Fsp3) is 0.486. The van der Waals surface area contributed by atoms with Crippen LogP contribution in [0.25, 0.3) is 5.69 Å². The van der Waals surface area contributed by atoms with Gasteiger partial charge in [-0.1, -0.05) is 44.0 Å². The van der Waals surface area contributed by atoms with Crippen molar-refractivity contribution in [2.45, 2.75) is 70.3 Å². The molecule has 3 aromatic rings. The number of carboxylic acid groups (broad SMARTS) is 1. The number of carboxylic acids is 1. The number of aliphatic carboxylic acids is 1. The highest BCUT2D eigenvalue weighted by molar-refractivity contribution is 7.94. The van der Waals surface area contributed by atoms with Crippen LogP contribution in [0.15, 0.2) is 44.4 Å². The zero-order valence-electron chi connectivity index (χ0n) is 33.6. The maximum absolute atomic E-state index is 12.4. The second-order valence-electron chi connectivity index (χ2n) is 14.4. The van der Waals surface area contributed by atoms with Crippen molar-refractivity contribution in [1.82, 2.24) is 15.1 Å². The summed E-state index contributed by atoms with van der Waals surface area (Å²) in [6.07, 6.45) is 7.18. The summed E-state index contributed by atoms with van der Waals surface area (Å²) in [5, 5.41) is 26.0. The summed E-state index contributed by atoms with van der Waals surface area (Å²) in [6, 6.07) is 5.90. The molecule has 3 N–H and O–H groups in total. The summed E-state index contributed by atoms with van der Waals surface area (Å²) in [7, 11) is -7.40. The Morgan fingerprint density at radius 1 is 1.10 bits per heavy atom. The molecule has 59 heavy (non-hydrogen) atoms. The number of ketones is 3. The van der Waals surface area contributed by atoms with Crippen molar-refractivity contribution in [1.29, 1.82) is 0 Å². The largest absolute Gasteiger partial charge is 0.778 e. The lowest BCUT2D eigenvalue weighted by Gasteiger charge is -2.18. The van der Waals surface area contributed by atoms with Crippen LogP contribution in [-0.4, -0.2) is 100 Å². The molecule has 1 unspecified atom stereocenters. The minimum atomic E-state index is -4.35. The number of carbonyl (C=O) groups is 4. The standard InChI is InChI=1S/C15H18Cl2N2O3.C14H13NO7S.C3H8NO5P.C3H9S/c1-8(2)21-12-7-11(9(16)6-10(12)17)19-14(20)22-13(18-19)15(3,4)5;1-23(21,22)8-5-6-9(10(7-8)15(19)20)14(18)13-11(16)3-2-4-12(13)17;5-3(6)1-4-2-10(7,8)9;1-4(2)3/h6-8H,1-5H3;5-7,13H,2-4H2,1H3;4H,1-2H2,(H,5,6)(H2,7,8,9);1-3H3/q;;;+1/p-1. The lowest BCUT2D eigenvalue weighted by Crippen LogP contribution is -2.35. The summed E-state index contributed by atoms with van der Waals surface area (Å²) in [6.45, 7) is 8.99. The van der Waals surface area contributed by atoms with Crippen LogP contribution in [0, 0.1) is 16.0 Å². The van der Waals surface area contributed by atoms with Gasteiger partial charge in [0.05, 0.1) is 68.8 Å². The van der Waals surface area contributed by atoms with E-state index in [1.807, 2.05) is 39.9 Å². The van der Waals surface area contributed by atoms with Gasteiger partial charge in [0.25, 0.3) is 5.69 Å². The van der Waals surface area contributed by atoms with Gasteiger partial charge in [0.2, 0.25) is 5.89 Å². The lowest BCUT2D eigenvalue weighted by atomic mass is 9.81. The van der Waals surface area contributed by atoms with E-state index >= 15 is 0 Å². The van der Waals surface area contributed by atoms with Crippen molar-refractivity contribution in [3.8, 4) is 11.4 Å². The van der Waals surface area contributed by atoms with Gasteiger partial charge in [-0.15, -0.1) is 5.10 Å². The first-order chi connectivity index (χ1) is 26.9. The smallest absolute Gasteiger partial charge is 0.442 e. The summed E-state index contributed by atoms with van der Waals surface area (Å²) in [5.74, 6) is -4.63. The lowest BCUT2D eigenvalue weighted by molar-refractivity contribution is -0.385. The number of benzene rings is 2. The number of rotatable bonds is 11. The Morgan fingerprint density at radius 3 is 2.07 bits per heavy atom. The average Bonchev–Trinajstić information content (AvgIpc) is 3.46. The van der Waals surface area contributed by atoms with E-state index in [2.05, 4.69) is 23.9 Å². The van der Waals surface area contributed by atoms with Crippen LogP contribution >= 0.6 is 30.8 Å². The third kappa shape index (κ3) is 18.1. The molecular formula is C35H47Cl2N4O15PS2. The highest BCUT2D eigenvalue weighted by Crippen LogP contribution is 2.34. The van der Waals surface area contributed by atoms with Gasteiger partial charge in [-0.3, -0.25) is 34.6 Å². The number of hydrogen-bond acceptors (Lipinski definition) is 15. The fourth-order valence-corrected chi connectivity index (χ4v) is 6.06. The topological polar surface area (TPSA) is 295 Å². The number of nitrogens with zero attached hydrogens (tertiary/aromatic N) is 3. The Bertz CT molecular complexity index is 2210. The van der Waals surface area contributed by atoms with Crippen LogP contribution in [0.2, 0.25) is 10.0 Å². The van der Waals surface area contributed by atoms with E-state index in [4.69, 9.17) is 42.4 Å². The van der Waals surface area contributed by atoms with Gasteiger partial charge >= 0.3 is 11.7 Å². The average molecular weight is 930 g/mol. The number of nitro groups is 1. The van der Waals surface area contributed by atoms with Gasteiger partial charge in [0, 0.05) is 36.6 Å². The number of aromatic nitrogens is 2. The van der Waals surface area contributed by atoms with Gasteiger partial charge in [-0.2, -0.15) is 4.68 Å². The number of sulfone groups is 1. The Kier molecular flexibility index (Phi) is 20.3. The van der Waals surface area contributed by atoms with Crippen molar-refractivity contribution in [3.63, 3.8) is 0 Å². The number of nitrogens with one attached hydrogen (secondary N) is 1. The molecule has 0 amide bonds. The predicted octanol–water partition coefficient (Wildman–Crippen LogP) is 3.99. The summed E-state index contributed by atoms with van der Waals surface area (Å²) >= 11 is 12.3. The third-order valence-electron chi connectivity index (χ3n) is 6.98. The molecule has 1 saturated carbocycles. The molecule has 328 valence electrons. The quantitative estimate of drug-likeness (QED) is 0.0611. The van der Waals surface area contributed by atoms with Crippen LogP contribution in [0.3, 0.4) is 0 Å². The van der Waals surface area contributed by atoms with E-state index in [9.17, 15) is 52.0 Å². The number of nitro benzene ring substituents is 1. The molecule has 4 rings (SSSR count). The molecule has 1 atom stereocenters. The first-order valence-electron chi connectivity index (χ1n) is 17.2. The summed E-state index contributed by atoms with van der Waals surface area (Å²) in [5.41, 5.74) is -1.19. The zero-order valence-corrected chi connectivity index (χ0v) is 37.7. The van der Waals surface area contributed by atoms with Crippen LogP contribution in [-0.2, 0) is 45.1 Å². The van der Waals surface area contributed by atoms with Gasteiger partial charge in [-0.25, -0.2) is 13.2 Å². The molecule has 1 aliphatic rings. The molecule has 19 nitrogen and oxygen atoms in total. The van der Waals surface area contributed by atoms with Crippen LogP contribution in [0.4, 0.5) is 5.69 Å². The minimum Gasteiger partial charge on any atom is -0.778 e. The van der Waals surface area contributed by atoms with Gasteiger partial charge < -0.3 is 28.6 Å². The molecule has 2 aromatic carbocycles. The van der Waals surface area contributed by atoms with Gasteiger partial charge in [-0.05, 0) is 49.4 Å². The number of halogens is 2. The molecule has 0 saturated heterocycles. The summed E-state index contributed by atoms with van der Waals surface area (Å²) < 4.78 is 44.8. The zero-order chi connectivity index (χ0) is 45.8. The van der Waals surface area contributed by atoms with E-state index in [-0.39, 0.29) is 34.3 Å². The van der Waals surface area contributed by atoms with E-state index in [0.717, 1.165) is 29.1 Å². The van der Waals surface area contributed by atoms with Crippen LogP contribution in [0.5, 0.6) is 5.75 Å². The third-order valence-corrected chi connectivity index (χ3v) is 9.31. The number of ether oxygens (including phenoxy) is 1. The number of hydrogen-bond donors (Lipinski definition) is 3. The Morgan fingerprint density at radius 2 is 1.64 bits per heavy atom. The van der Waals surface area contributed by atoms with Crippen molar-refractivity contribution in [2.75, 3.05) is 37.9 Å². The molecule has 1 aliphatic carbocycles. The molecular weight excluding hydrogens is 882 g/mol. The second-order valence-corrected chi connectivity index (χ2v) is 21.2. The maximum atomic E-state index is 12.4. The van der Waals surface area contributed by atoms with Gasteiger partial charge in [0.15, 0.2) is 27.2 Å².